The summed E-state index contributed by atoms with van der Waals surface area (Å²) >= 11 is 6.09. The van der Waals surface area contributed by atoms with Crippen molar-refractivity contribution >= 4 is 17.2 Å². The van der Waals surface area contributed by atoms with Crippen LogP contribution < -0.4 is 0 Å². The second-order valence-electron chi connectivity index (χ2n) is 5.14. The molecular formula is C17H14ClN3. The summed E-state index contributed by atoms with van der Waals surface area (Å²) in [6.07, 6.45) is 2.29. The number of benzene rings is 1. The molecule has 2 aromatic heterocycles. The highest BCUT2D eigenvalue weighted by atomic mass is 35.5. The number of nitriles is 1. The lowest BCUT2D eigenvalue weighted by atomic mass is 10.1. The average molecular weight is 296 g/mol. The predicted molar refractivity (Wildman–Crippen MR) is 84.4 cm³/mol. The maximum atomic E-state index is 9.11. The van der Waals surface area contributed by atoms with Crippen LogP contribution in [-0.4, -0.2) is 9.38 Å². The van der Waals surface area contributed by atoms with Crippen LogP contribution in [0.25, 0.3) is 16.9 Å². The number of rotatable bonds is 2. The highest BCUT2D eigenvalue weighted by molar-refractivity contribution is 6.31. The minimum absolute atomic E-state index is 0.321. The van der Waals surface area contributed by atoms with Gasteiger partial charge in [0.2, 0.25) is 0 Å². The smallest absolute Gasteiger partial charge is 0.137 e. The van der Waals surface area contributed by atoms with Crippen LogP contribution in [0.3, 0.4) is 0 Å². The third kappa shape index (κ3) is 2.39. The van der Waals surface area contributed by atoms with E-state index in [0.717, 1.165) is 38.7 Å². The molecule has 0 unspecified atom stereocenters. The summed E-state index contributed by atoms with van der Waals surface area (Å²) < 4.78 is 1.98. The second-order valence-corrected chi connectivity index (χ2v) is 5.55. The molecule has 1 aromatic carbocycles. The monoisotopic (exact) mass is 295 g/mol. The summed E-state index contributed by atoms with van der Waals surface area (Å²) in [5, 5.41) is 9.85. The fourth-order valence-corrected chi connectivity index (χ4v) is 2.58. The quantitative estimate of drug-likeness (QED) is 0.706. The van der Waals surface area contributed by atoms with E-state index in [1.165, 1.54) is 0 Å². The van der Waals surface area contributed by atoms with Crippen LogP contribution in [0.4, 0.5) is 0 Å². The van der Waals surface area contributed by atoms with Gasteiger partial charge in [-0.25, -0.2) is 4.98 Å². The fraction of sp³-hybridized carbons (Fsp3) is 0.176. The molecule has 0 N–H and O–H groups in total. The van der Waals surface area contributed by atoms with Gasteiger partial charge in [-0.3, -0.25) is 0 Å². The number of fused-ring (bicyclic) bond motifs is 1. The van der Waals surface area contributed by atoms with Crippen LogP contribution in [0.1, 0.15) is 16.8 Å². The van der Waals surface area contributed by atoms with Gasteiger partial charge in [0.1, 0.15) is 5.65 Å². The Balaban J connectivity index is 2.27. The topological polar surface area (TPSA) is 41.1 Å². The van der Waals surface area contributed by atoms with Crippen molar-refractivity contribution in [2.75, 3.05) is 0 Å². The third-order valence-corrected chi connectivity index (χ3v) is 3.98. The lowest BCUT2D eigenvalue weighted by Crippen LogP contribution is -1.93. The molecule has 0 spiro atoms. The van der Waals surface area contributed by atoms with Gasteiger partial charge in [0, 0.05) is 16.8 Å². The van der Waals surface area contributed by atoms with Crippen LogP contribution >= 0.6 is 11.6 Å². The Kier molecular flexibility index (Phi) is 3.40. The van der Waals surface area contributed by atoms with Gasteiger partial charge in [-0.1, -0.05) is 17.7 Å². The van der Waals surface area contributed by atoms with E-state index in [2.05, 4.69) is 6.07 Å². The molecule has 0 radical (unpaired) electrons. The predicted octanol–water partition coefficient (Wildman–Crippen LogP) is 4.34. The number of pyridine rings is 1. The third-order valence-electron chi connectivity index (χ3n) is 3.56. The number of halogens is 1. The number of hydrogen-bond acceptors (Lipinski definition) is 2. The molecular weight excluding hydrogens is 282 g/mol. The minimum Gasteiger partial charge on any atom is -0.302 e. The first-order valence-electron chi connectivity index (χ1n) is 6.71. The van der Waals surface area contributed by atoms with Gasteiger partial charge in [0.05, 0.1) is 23.9 Å². The molecule has 0 bridgehead atoms. The fourth-order valence-electron chi connectivity index (χ4n) is 2.46. The molecule has 0 aliphatic carbocycles. The molecule has 0 aliphatic heterocycles. The van der Waals surface area contributed by atoms with Gasteiger partial charge >= 0.3 is 0 Å². The molecule has 3 nitrogen and oxygen atoms in total. The molecule has 0 fully saturated rings. The van der Waals surface area contributed by atoms with Crippen molar-refractivity contribution in [3.8, 4) is 17.3 Å². The Labute approximate surface area is 128 Å². The van der Waals surface area contributed by atoms with Crippen LogP contribution in [0.2, 0.25) is 5.02 Å². The number of aryl methyl sites for hydroxylation is 2. The molecule has 3 aromatic rings. The van der Waals surface area contributed by atoms with Crippen molar-refractivity contribution in [1.82, 2.24) is 9.38 Å². The average Bonchev–Trinajstić information content (AvgIpc) is 2.80. The van der Waals surface area contributed by atoms with Gasteiger partial charge in [0.15, 0.2) is 0 Å². The molecule has 0 saturated carbocycles. The van der Waals surface area contributed by atoms with Gasteiger partial charge in [-0.2, -0.15) is 5.26 Å². The zero-order valence-electron chi connectivity index (χ0n) is 11.9. The number of imidazole rings is 1. The van der Waals surface area contributed by atoms with E-state index < -0.39 is 0 Å². The van der Waals surface area contributed by atoms with Crippen LogP contribution in [0.5, 0.6) is 0 Å². The lowest BCUT2D eigenvalue weighted by Gasteiger charge is -2.04. The van der Waals surface area contributed by atoms with Crippen molar-refractivity contribution in [1.29, 1.82) is 5.26 Å². The number of hydrogen-bond donors (Lipinski definition) is 0. The zero-order valence-corrected chi connectivity index (χ0v) is 12.6. The lowest BCUT2D eigenvalue weighted by molar-refractivity contribution is 1.05. The summed E-state index contributed by atoms with van der Waals surface area (Å²) in [7, 11) is 0. The first-order valence-corrected chi connectivity index (χ1v) is 7.09. The number of nitrogens with zero attached hydrogens (tertiary/aromatic N) is 3. The molecule has 0 saturated heterocycles. The second kappa shape index (κ2) is 5.23. The van der Waals surface area contributed by atoms with E-state index in [1.807, 2.05) is 54.8 Å². The van der Waals surface area contributed by atoms with E-state index in [0.29, 0.717) is 6.42 Å². The Morgan fingerprint density at radius 1 is 1.24 bits per heavy atom. The van der Waals surface area contributed by atoms with E-state index in [-0.39, 0.29) is 0 Å². The van der Waals surface area contributed by atoms with Gasteiger partial charge in [-0.15, -0.1) is 0 Å². The summed E-state index contributed by atoms with van der Waals surface area (Å²) in [5.74, 6) is 0. The zero-order chi connectivity index (χ0) is 15.0. The van der Waals surface area contributed by atoms with E-state index in [9.17, 15) is 0 Å². The van der Waals surface area contributed by atoms with Crippen LogP contribution in [0, 0.1) is 25.2 Å². The largest absolute Gasteiger partial charge is 0.302 e. The van der Waals surface area contributed by atoms with Crippen molar-refractivity contribution in [3.05, 3.63) is 58.4 Å². The van der Waals surface area contributed by atoms with Crippen LogP contribution in [-0.2, 0) is 6.42 Å². The van der Waals surface area contributed by atoms with Crippen molar-refractivity contribution in [2.24, 2.45) is 0 Å². The van der Waals surface area contributed by atoms with Gasteiger partial charge < -0.3 is 4.40 Å². The summed E-state index contributed by atoms with van der Waals surface area (Å²) in [5.41, 5.74) is 5.77. The molecule has 2 heterocycles. The van der Waals surface area contributed by atoms with Gasteiger partial charge in [0.25, 0.3) is 0 Å². The summed E-state index contributed by atoms with van der Waals surface area (Å²) in [6.45, 7) is 4.00. The minimum atomic E-state index is 0.321. The Morgan fingerprint density at radius 3 is 2.76 bits per heavy atom. The normalized spacial score (nSPS) is 10.8. The highest BCUT2D eigenvalue weighted by Crippen LogP contribution is 2.28. The maximum absolute atomic E-state index is 9.11. The highest BCUT2D eigenvalue weighted by Gasteiger charge is 2.14. The molecule has 3 rings (SSSR count). The molecule has 0 aliphatic rings. The summed E-state index contributed by atoms with van der Waals surface area (Å²) in [4.78, 5) is 4.70. The number of aromatic nitrogens is 2. The Morgan fingerprint density at radius 2 is 2.05 bits per heavy atom. The van der Waals surface area contributed by atoms with Crippen LogP contribution in [0.15, 0.2) is 36.5 Å². The first kappa shape index (κ1) is 13.7. The first-order chi connectivity index (χ1) is 10.1. The Bertz CT molecular complexity index is 872. The van der Waals surface area contributed by atoms with E-state index in [1.54, 1.807) is 0 Å². The van der Waals surface area contributed by atoms with Crippen molar-refractivity contribution in [3.63, 3.8) is 0 Å². The molecule has 0 atom stereocenters. The summed E-state index contributed by atoms with van der Waals surface area (Å²) in [6, 6.07) is 12.1. The Hall–Kier alpha value is -2.31. The van der Waals surface area contributed by atoms with Crippen molar-refractivity contribution in [2.45, 2.75) is 20.3 Å². The van der Waals surface area contributed by atoms with E-state index in [4.69, 9.17) is 21.8 Å². The van der Waals surface area contributed by atoms with Crippen molar-refractivity contribution < 1.29 is 0 Å². The standard InChI is InChI=1S/C17H14ClN3/c1-11-6-8-21-15(5-7-19)17(20-16(21)9-11)13-3-4-14(18)12(2)10-13/h3-4,6,8-10H,5H2,1-2H3. The van der Waals surface area contributed by atoms with E-state index >= 15 is 0 Å². The molecule has 4 heteroatoms. The SMILES string of the molecule is Cc1ccn2c(CC#N)c(-c3ccc(Cl)c(C)c3)nc2c1. The molecule has 0 amide bonds. The van der Waals surface area contributed by atoms with Gasteiger partial charge in [-0.05, 0) is 49.2 Å². The molecule has 21 heavy (non-hydrogen) atoms. The maximum Gasteiger partial charge on any atom is 0.137 e. The molecule has 104 valence electrons.